The number of aromatic nitrogens is 1. The van der Waals surface area contributed by atoms with Crippen LogP contribution in [0.25, 0.3) is 0 Å². The lowest BCUT2D eigenvalue weighted by Gasteiger charge is -2.26. The molecule has 3 N–H and O–H groups in total. The van der Waals surface area contributed by atoms with Crippen molar-refractivity contribution < 1.29 is 19.4 Å². The Labute approximate surface area is 143 Å². The molecule has 1 heterocycles. The van der Waals surface area contributed by atoms with E-state index in [2.05, 4.69) is 10.3 Å². The molecule has 1 atom stereocenters. The molecule has 136 valence electrons. The number of amides is 1. The molecule has 0 aliphatic carbocycles. The van der Waals surface area contributed by atoms with E-state index in [0.717, 1.165) is 5.69 Å². The van der Waals surface area contributed by atoms with E-state index in [4.69, 9.17) is 9.84 Å². The first kappa shape index (κ1) is 20.0. The van der Waals surface area contributed by atoms with E-state index in [1.807, 2.05) is 27.7 Å². The van der Waals surface area contributed by atoms with Gasteiger partial charge in [-0.25, -0.2) is 9.59 Å². The summed E-state index contributed by atoms with van der Waals surface area (Å²) in [6, 6.07) is 1.64. The summed E-state index contributed by atoms with van der Waals surface area (Å²) in [5.41, 5.74) is 1.28. The summed E-state index contributed by atoms with van der Waals surface area (Å²) in [4.78, 5) is 27.6. The quantitative estimate of drug-likeness (QED) is 0.710. The van der Waals surface area contributed by atoms with Crippen molar-refractivity contribution in [3.63, 3.8) is 0 Å². The number of carboxylic acids is 1. The topological polar surface area (TPSA) is 94.7 Å². The third-order valence-electron chi connectivity index (χ3n) is 3.40. The van der Waals surface area contributed by atoms with E-state index in [1.54, 1.807) is 24.9 Å². The van der Waals surface area contributed by atoms with Gasteiger partial charge in [-0.3, -0.25) is 0 Å². The van der Waals surface area contributed by atoms with Crippen molar-refractivity contribution in [2.75, 3.05) is 20.1 Å². The Balaban J connectivity index is 2.38. The van der Waals surface area contributed by atoms with Gasteiger partial charge < -0.3 is 25.0 Å². The molecule has 1 amide bonds. The maximum Gasteiger partial charge on any atom is 0.410 e. The van der Waals surface area contributed by atoms with Gasteiger partial charge in [-0.2, -0.15) is 0 Å². The number of hydrogen-bond acceptors (Lipinski definition) is 4. The van der Waals surface area contributed by atoms with Gasteiger partial charge in [0.15, 0.2) is 0 Å². The maximum atomic E-state index is 11.9. The van der Waals surface area contributed by atoms with Crippen molar-refractivity contribution in [2.24, 2.45) is 5.92 Å². The third kappa shape index (κ3) is 6.62. The Bertz CT molecular complexity index is 575. The van der Waals surface area contributed by atoms with Crippen LogP contribution in [0.4, 0.5) is 4.79 Å². The highest BCUT2D eigenvalue weighted by molar-refractivity contribution is 5.89. The first-order valence-electron chi connectivity index (χ1n) is 8.06. The van der Waals surface area contributed by atoms with Crippen LogP contribution >= 0.6 is 0 Å². The van der Waals surface area contributed by atoms with Gasteiger partial charge in [-0.1, -0.05) is 6.92 Å². The zero-order valence-corrected chi connectivity index (χ0v) is 15.4. The SMILES string of the molecule is Cc1[nH]c(CNCC(C)CN(C)C(=O)OC(C)(C)C)cc1C(=O)O. The molecule has 0 fully saturated rings. The lowest BCUT2D eigenvalue weighted by atomic mass is 10.1. The van der Waals surface area contributed by atoms with Crippen molar-refractivity contribution >= 4 is 12.1 Å². The number of ether oxygens (including phenoxy) is 1. The number of aryl methyl sites for hydroxylation is 1. The van der Waals surface area contributed by atoms with Crippen LogP contribution in [0.2, 0.25) is 0 Å². The number of nitrogens with zero attached hydrogens (tertiary/aromatic N) is 1. The number of carbonyl (C=O) groups is 2. The molecule has 0 saturated carbocycles. The van der Waals surface area contributed by atoms with Gasteiger partial charge in [0.1, 0.15) is 5.60 Å². The van der Waals surface area contributed by atoms with Crippen LogP contribution in [0.5, 0.6) is 0 Å². The first-order chi connectivity index (χ1) is 11.0. The minimum Gasteiger partial charge on any atom is -0.478 e. The highest BCUT2D eigenvalue weighted by atomic mass is 16.6. The normalized spacial score (nSPS) is 12.8. The number of aromatic carboxylic acids is 1. The van der Waals surface area contributed by atoms with E-state index < -0.39 is 11.6 Å². The van der Waals surface area contributed by atoms with Crippen LogP contribution < -0.4 is 5.32 Å². The molecule has 7 nitrogen and oxygen atoms in total. The lowest BCUT2D eigenvalue weighted by Crippen LogP contribution is -2.38. The molecule has 1 aromatic heterocycles. The van der Waals surface area contributed by atoms with Crippen LogP contribution in [0.1, 0.15) is 49.4 Å². The standard InChI is InChI=1S/C17H29N3O4/c1-11(10-20(6)16(23)24-17(3,4)5)8-18-9-13-7-14(15(21)22)12(2)19-13/h7,11,18-19H,8-10H2,1-6H3,(H,21,22). The van der Waals surface area contributed by atoms with Crippen LogP contribution in [-0.2, 0) is 11.3 Å². The van der Waals surface area contributed by atoms with Crippen LogP contribution in [0.3, 0.4) is 0 Å². The van der Waals surface area contributed by atoms with E-state index >= 15 is 0 Å². The van der Waals surface area contributed by atoms with Gasteiger partial charge in [-0.15, -0.1) is 0 Å². The minimum atomic E-state index is -0.928. The molecule has 1 rings (SSSR count). The monoisotopic (exact) mass is 339 g/mol. The average molecular weight is 339 g/mol. The minimum absolute atomic E-state index is 0.234. The molecular formula is C17H29N3O4. The van der Waals surface area contributed by atoms with E-state index in [1.165, 1.54) is 0 Å². The molecule has 0 radical (unpaired) electrons. The fourth-order valence-electron chi connectivity index (χ4n) is 2.34. The van der Waals surface area contributed by atoms with Gasteiger partial charge in [0.05, 0.1) is 5.56 Å². The van der Waals surface area contributed by atoms with Gasteiger partial charge in [0.25, 0.3) is 0 Å². The second kappa shape index (κ2) is 8.19. The van der Waals surface area contributed by atoms with Crippen LogP contribution in [-0.4, -0.2) is 52.8 Å². The number of rotatable bonds is 7. The van der Waals surface area contributed by atoms with E-state index in [9.17, 15) is 9.59 Å². The Morgan fingerprint density at radius 1 is 1.42 bits per heavy atom. The Morgan fingerprint density at radius 3 is 2.54 bits per heavy atom. The molecule has 1 unspecified atom stereocenters. The van der Waals surface area contributed by atoms with Gasteiger partial charge in [0.2, 0.25) is 0 Å². The maximum absolute atomic E-state index is 11.9. The Kier molecular flexibility index (Phi) is 6.83. The number of nitrogens with one attached hydrogen (secondary N) is 2. The fraction of sp³-hybridized carbons (Fsp3) is 0.647. The van der Waals surface area contributed by atoms with Gasteiger partial charge in [-0.05, 0) is 46.2 Å². The second-order valence-corrected chi connectivity index (χ2v) is 7.24. The number of carboxylic acid groups (broad SMARTS) is 1. The smallest absolute Gasteiger partial charge is 0.410 e. The number of hydrogen-bond donors (Lipinski definition) is 3. The molecule has 0 aliphatic rings. The molecule has 0 spiro atoms. The summed E-state index contributed by atoms with van der Waals surface area (Å²) < 4.78 is 5.32. The Morgan fingerprint density at radius 2 is 2.04 bits per heavy atom. The van der Waals surface area contributed by atoms with Gasteiger partial charge >= 0.3 is 12.1 Å². The molecule has 7 heteroatoms. The lowest BCUT2D eigenvalue weighted by molar-refractivity contribution is 0.0276. The molecule has 0 saturated heterocycles. The largest absolute Gasteiger partial charge is 0.478 e. The van der Waals surface area contributed by atoms with Crippen LogP contribution in [0.15, 0.2) is 6.07 Å². The van der Waals surface area contributed by atoms with Crippen molar-refractivity contribution in [1.82, 2.24) is 15.2 Å². The van der Waals surface area contributed by atoms with Gasteiger partial charge in [0, 0.05) is 31.5 Å². The summed E-state index contributed by atoms with van der Waals surface area (Å²) in [7, 11) is 1.72. The summed E-state index contributed by atoms with van der Waals surface area (Å²) in [5.74, 6) is -0.695. The van der Waals surface area contributed by atoms with Crippen LogP contribution in [0, 0.1) is 12.8 Å². The molecule has 1 aromatic rings. The number of aromatic amines is 1. The average Bonchev–Trinajstić information content (AvgIpc) is 2.78. The molecule has 0 aliphatic heterocycles. The molecule has 0 aromatic carbocycles. The van der Waals surface area contributed by atoms with Crippen molar-refractivity contribution in [2.45, 2.75) is 46.8 Å². The molecular weight excluding hydrogens is 310 g/mol. The second-order valence-electron chi connectivity index (χ2n) is 7.24. The van der Waals surface area contributed by atoms with Crippen molar-refractivity contribution in [3.05, 3.63) is 23.0 Å². The number of carbonyl (C=O) groups excluding carboxylic acids is 1. The molecule has 24 heavy (non-hydrogen) atoms. The summed E-state index contributed by atoms with van der Waals surface area (Å²) in [6.45, 7) is 11.1. The summed E-state index contributed by atoms with van der Waals surface area (Å²) in [5, 5.41) is 12.3. The van der Waals surface area contributed by atoms with Crippen molar-refractivity contribution in [1.29, 1.82) is 0 Å². The summed E-state index contributed by atoms with van der Waals surface area (Å²) in [6.07, 6.45) is -0.333. The highest BCUT2D eigenvalue weighted by Gasteiger charge is 2.20. The third-order valence-corrected chi connectivity index (χ3v) is 3.40. The van der Waals surface area contributed by atoms with Crippen molar-refractivity contribution in [3.8, 4) is 0 Å². The summed E-state index contributed by atoms with van der Waals surface area (Å²) >= 11 is 0. The van der Waals surface area contributed by atoms with E-state index in [-0.39, 0.29) is 12.0 Å². The zero-order chi connectivity index (χ0) is 18.5. The molecule has 0 bridgehead atoms. The highest BCUT2D eigenvalue weighted by Crippen LogP contribution is 2.11. The predicted octanol–water partition coefficient (Wildman–Crippen LogP) is 2.61. The predicted molar refractivity (Wildman–Crippen MR) is 92.2 cm³/mol. The Hall–Kier alpha value is -2.02. The first-order valence-corrected chi connectivity index (χ1v) is 8.06. The number of H-pyrrole nitrogens is 1. The van der Waals surface area contributed by atoms with E-state index in [0.29, 0.717) is 30.9 Å². The zero-order valence-electron chi connectivity index (χ0n) is 15.4. The fourth-order valence-corrected chi connectivity index (χ4v) is 2.34.